The van der Waals surface area contributed by atoms with E-state index in [1.807, 2.05) is 6.07 Å². The van der Waals surface area contributed by atoms with Crippen LogP contribution in [0.3, 0.4) is 0 Å². The van der Waals surface area contributed by atoms with Crippen molar-refractivity contribution in [3.63, 3.8) is 0 Å². The second-order valence-corrected chi connectivity index (χ2v) is 6.02. The van der Waals surface area contributed by atoms with Gasteiger partial charge in [-0.25, -0.2) is 0 Å². The molecule has 2 rings (SSSR count). The lowest BCUT2D eigenvalue weighted by atomic mass is 10.1. The number of rotatable bonds is 5. The Hall–Kier alpha value is -2.04. The Morgan fingerprint density at radius 1 is 1.04 bits per heavy atom. The third kappa shape index (κ3) is 5.58. The van der Waals surface area contributed by atoms with Crippen molar-refractivity contribution in [3.8, 4) is 0 Å². The van der Waals surface area contributed by atoms with Gasteiger partial charge in [0.15, 0.2) is 0 Å². The lowest BCUT2D eigenvalue weighted by Crippen LogP contribution is -2.35. The summed E-state index contributed by atoms with van der Waals surface area (Å²) < 4.78 is 0. The maximum atomic E-state index is 12.0. The Bertz CT molecular complexity index is 685. The number of anilines is 1. The molecule has 0 aliphatic heterocycles. The quantitative estimate of drug-likeness (QED) is 0.851. The van der Waals surface area contributed by atoms with E-state index in [9.17, 15) is 9.59 Å². The van der Waals surface area contributed by atoms with Crippen molar-refractivity contribution in [1.82, 2.24) is 5.32 Å². The van der Waals surface area contributed by atoms with E-state index in [-0.39, 0.29) is 24.3 Å². The fourth-order valence-corrected chi connectivity index (χ4v) is 2.59. The molecule has 2 aromatic rings. The zero-order valence-corrected chi connectivity index (χ0v) is 14.0. The lowest BCUT2D eigenvalue weighted by Gasteiger charge is -2.14. The molecule has 0 radical (unpaired) electrons. The third-order valence-corrected chi connectivity index (χ3v) is 3.49. The Morgan fingerprint density at radius 3 is 2.26 bits per heavy atom. The fraction of sp³-hybridized carbons (Fsp3) is 0.176. The summed E-state index contributed by atoms with van der Waals surface area (Å²) in [6.07, 6.45) is 0.142. The van der Waals surface area contributed by atoms with E-state index < -0.39 is 0 Å². The molecule has 2 aromatic carbocycles. The molecule has 1 atom stereocenters. The molecule has 6 heteroatoms. The number of hydrogen-bond acceptors (Lipinski definition) is 2. The summed E-state index contributed by atoms with van der Waals surface area (Å²) in [5.41, 5.74) is 1.08. The number of benzene rings is 2. The molecule has 0 unspecified atom stereocenters. The molecule has 4 nitrogen and oxygen atoms in total. The van der Waals surface area contributed by atoms with E-state index in [0.717, 1.165) is 0 Å². The van der Waals surface area contributed by atoms with Gasteiger partial charge in [0, 0.05) is 33.8 Å². The van der Waals surface area contributed by atoms with Crippen molar-refractivity contribution in [1.29, 1.82) is 0 Å². The molecule has 0 heterocycles. The number of halogens is 2. The SMILES string of the molecule is C[C@H](CC(=O)Nc1cc(Cl)cc(Cl)c1)NC(=O)c1ccccc1. The summed E-state index contributed by atoms with van der Waals surface area (Å²) in [7, 11) is 0. The number of carbonyl (C=O) groups excluding carboxylic acids is 2. The molecule has 0 aliphatic rings. The first-order chi connectivity index (χ1) is 10.9. The fourth-order valence-electron chi connectivity index (χ4n) is 2.06. The van der Waals surface area contributed by atoms with E-state index in [4.69, 9.17) is 23.2 Å². The summed E-state index contributed by atoms with van der Waals surface area (Å²) in [4.78, 5) is 24.0. The van der Waals surface area contributed by atoms with Gasteiger partial charge in [-0.3, -0.25) is 9.59 Å². The minimum atomic E-state index is -0.308. The van der Waals surface area contributed by atoms with Crippen LogP contribution in [0.4, 0.5) is 5.69 Å². The normalized spacial score (nSPS) is 11.6. The highest BCUT2D eigenvalue weighted by Crippen LogP contribution is 2.22. The zero-order valence-electron chi connectivity index (χ0n) is 12.5. The van der Waals surface area contributed by atoms with Gasteiger partial charge in [-0.2, -0.15) is 0 Å². The van der Waals surface area contributed by atoms with Crippen LogP contribution in [0, 0.1) is 0 Å². The van der Waals surface area contributed by atoms with Crippen LogP contribution in [-0.2, 0) is 4.79 Å². The van der Waals surface area contributed by atoms with Crippen LogP contribution in [-0.4, -0.2) is 17.9 Å². The molecule has 120 valence electrons. The second-order valence-electron chi connectivity index (χ2n) is 5.15. The molecule has 0 saturated carbocycles. The highest BCUT2D eigenvalue weighted by atomic mass is 35.5. The Kier molecular flexibility index (Phi) is 6.02. The van der Waals surface area contributed by atoms with Crippen LogP contribution in [0.5, 0.6) is 0 Å². The van der Waals surface area contributed by atoms with Gasteiger partial charge >= 0.3 is 0 Å². The van der Waals surface area contributed by atoms with Crippen molar-refractivity contribution in [2.24, 2.45) is 0 Å². The number of nitrogens with one attached hydrogen (secondary N) is 2. The van der Waals surface area contributed by atoms with Crippen LogP contribution >= 0.6 is 23.2 Å². The molecule has 0 bridgehead atoms. The molecule has 2 N–H and O–H groups in total. The van der Waals surface area contributed by atoms with Gasteiger partial charge in [-0.05, 0) is 37.3 Å². The van der Waals surface area contributed by atoms with Crippen LogP contribution < -0.4 is 10.6 Å². The lowest BCUT2D eigenvalue weighted by molar-refractivity contribution is -0.116. The zero-order chi connectivity index (χ0) is 16.8. The smallest absolute Gasteiger partial charge is 0.251 e. The average molecular weight is 351 g/mol. The third-order valence-electron chi connectivity index (χ3n) is 3.05. The highest BCUT2D eigenvalue weighted by molar-refractivity contribution is 6.35. The number of hydrogen-bond donors (Lipinski definition) is 2. The van der Waals surface area contributed by atoms with Crippen LogP contribution in [0.1, 0.15) is 23.7 Å². The Balaban J connectivity index is 1.88. The van der Waals surface area contributed by atoms with Crippen molar-refractivity contribution >= 4 is 40.7 Å². The van der Waals surface area contributed by atoms with Crippen LogP contribution in [0.15, 0.2) is 48.5 Å². The average Bonchev–Trinajstić information content (AvgIpc) is 2.46. The van der Waals surface area contributed by atoms with E-state index in [0.29, 0.717) is 21.3 Å². The maximum Gasteiger partial charge on any atom is 0.251 e. The van der Waals surface area contributed by atoms with E-state index >= 15 is 0 Å². The van der Waals surface area contributed by atoms with Crippen molar-refractivity contribution < 1.29 is 9.59 Å². The van der Waals surface area contributed by atoms with E-state index in [1.165, 1.54) is 0 Å². The minimum Gasteiger partial charge on any atom is -0.349 e. The second kappa shape index (κ2) is 7.99. The maximum absolute atomic E-state index is 12.0. The molecule has 2 amide bonds. The standard InChI is InChI=1S/C17H16Cl2N2O2/c1-11(20-17(23)12-5-3-2-4-6-12)7-16(22)21-15-9-13(18)8-14(19)10-15/h2-6,8-11H,7H2,1H3,(H,20,23)(H,21,22)/t11-/m1/s1. The first-order valence-corrected chi connectivity index (χ1v) is 7.81. The van der Waals surface area contributed by atoms with Gasteiger partial charge in [-0.15, -0.1) is 0 Å². The van der Waals surface area contributed by atoms with Crippen LogP contribution in [0.25, 0.3) is 0 Å². The topological polar surface area (TPSA) is 58.2 Å². The van der Waals surface area contributed by atoms with Gasteiger partial charge in [-0.1, -0.05) is 41.4 Å². The van der Waals surface area contributed by atoms with E-state index in [1.54, 1.807) is 49.4 Å². The Labute approximate surface area is 144 Å². The summed E-state index contributed by atoms with van der Waals surface area (Å²) >= 11 is 11.8. The van der Waals surface area contributed by atoms with Crippen molar-refractivity contribution in [2.75, 3.05) is 5.32 Å². The molecule has 0 fully saturated rings. The number of amides is 2. The monoisotopic (exact) mass is 350 g/mol. The summed E-state index contributed by atoms with van der Waals surface area (Å²) in [5.74, 6) is -0.444. The minimum absolute atomic E-state index is 0.142. The largest absolute Gasteiger partial charge is 0.349 e. The van der Waals surface area contributed by atoms with Gasteiger partial charge in [0.25, 0.3) is 5.91 Å². The van der Waals surface area contributed by atoms with Gasteiger partial charge < -0.3 is 10.6 Å². The van der Waals surface area contributed by atoms with E-state index in [2.05, 4.69) is 10.6 Å². The molecule has 23 heavy (non-hydrogen) atoms. The number of carbonyl (C=O) groups is 2. The summed E-state index contributed by atoms with van der Waals surface area (Å²) in [6, 6.07) is 13.3. The predicted octanol–water partition coefficient (Wildman–Crippen LogP) is 4.14. The van der Waals surface area contributed by atoms with Crippen molar-refractivity contribution in [3.05, 3.63) is 64.1 Å². The molecule has 0 saturated heterocycles. The molecular formula is C17H16Cl2N2O2. The molecule has 0 spiro atoms. The predicted molar refractivity (Wildman–Crippen MR) is 93.1 cm³/mol. The molecular weight excluding hydrogens is 335 g/mol. The molecule has 0 aromatic heterocycles. The van der Waals surface area contributed by atoms with Gasteiger partial charge in [0.2, 0.25) is 5.91 Å². The van der Waals surface area contributed by atoms with Gasteiger partial charge in [0.1, 0.15) is 0 Å². The van der Waals surface area contributed by atoms with Crippen molar-refractivity contribution in [2.45, 2.75) is 19.4 Å². The van der Waals surface area contributed by atoms with Gasteiger partial charge in [0.05, 0.1) is 0 Å². The first-order valence-electron chi connectivity index (χ1n) is 7.06. The summed E-state index contributed by atoms with van der Waals surface area (Å²) in [6.45, 7) is 1.77. The first kappa shape index (κ1) is 17.3. The highest BCUT2D eigenvalue weighted by Gasteiger charge is 2.13. The Morgan fingerprint density at radius 2 is 1.65 bits per heavy atom. The molecule has 0 aliphatic carbocycles. The summed E-state index contributed by atoms with van der Waals surface area (Å²) in [5, 5.41) is 6.38. The van der Waals surface area contributed by atoms with Crippen LogP contribution in [0.2, 0.25) is 10.0 Å².